The van der Waals surface area contributed by atoms with Gasteiger partial charge in [0, 0.05) is 6.07 Å². The van der Waals surface area contributed by atoms with Gasteiger partial charge in [0.25, 0.3) is 0 Å². The van der Waals surface area contributed by atoms with Gasteiger partial charge in [-0.05, 0) is 63.5 Å². The van der Waals surface area contributed by atoms with Gasteiger partial charge in [-0.2, -0.15) is 4.90 Å². The summed E-state index contributed by atoms with van der Waals surface area (Å²) in [4.78, 5) is 39.8. The molecule has 0 aromatic carbocycles. The number of nitro groups is 1. The normalized spacial score (nSPS) is 11.6. The number of amides is 2. The summed E-state index contributed by atoms with van der Waals surface area (Å²) in [5, 5.41) is 11.3. The Morgan fingerprint density at radius 3 is 1.88 bits per heavy atom. The maximum atomic E-state index is 12.5. The second-order valence-corrected chi connectivity index (χ2v) is 7.84. The van der Waals surface area contributed by atoms with Crippen molar-refractivity contribution < 1.29 is 24.0 Å². The Morgan fingerprint density at radius 1 is 1.08 bits per heavy atom. The number of hydrogen-bond donors (Lipinski definition) is 0. The molecule has 0 saturated heterocycles. The van der Waals surface area contributed by atoms with E-state index in [9.17, 15) is 19.7 Å². The molecule has 2 amide bonds. The van der Waals surface area contributed by atoms with Gasteiger partial charge in [0.05, 0.1) is 4.92 Å². The van der Waals surface area contributed by atoms with Crippen LogP contribution in [0.3, 0.4) is 0 Å². The van der Waals surface area contributed by atoms with Crippen molar-refractivity contribution in [1.29, 1.82) is 0 Å². The molecule has 0 aliphatic carbocycles. The van der Waals surface area contributed by atoms with Crippen LogP contribution in [0.15, 0.2) is 16.7 Å². The van der Waals surface area contributed by atoms with Crippen molar-refractivity contribution in [2.75, 3.05) is 4.90 Å². The topological polar surface area (TPSA) is 112 Å². The first-order chi connectivity index (χ1) is 11.2. The van der Waals surface area contributed by atoms with Crippen LogP contribution in [0.25, 0.3) is 0 Å². The largest absolute Gasteiger partial charge is 0.443 e. The number of rotatable bonds is 2. The molecule has 0 aliphatic rings. The van der Waals surface area contributed by atoms with E-state index >= 15 is 0 Å². The number of aromatic nitrogens is 1. The molecule has 1 rings (SSSR count). The highest BCUT2D eigenvalue weighted by atomic mass is 79.9. The lowest BCUT2D eigenvalue weighted by molar-refractivity contribution is -0.384. The Morgan fingerprint density at radius 2 is 1.52 bits per heavy atom. The van der Waals surface area contributed by atoms with Gasteiger partial charge in [0.1, 0.15) is 15.8 Å². The summed E-state index contributed by atoms with van der Waals surface area (Å²) < 4.78 is 10.5. The Labute approximate surface area is 153 Å². The van der Waals surface area contributed by atoms with E-state index in [1.54, 1.807) is 41.5 Å². The third-order valence-electron chi connectivity index (χ3n) is 2.38. The highest BCUT2D eigenvalue weighted by Crippen LogP contribution is 2.30. The second kappa shape index (κ2) is 7.34. The van der Waals surface area contributed by atoms with E-state index in [-0.39, 0.29) is 4.60 Å². The van der Waals surface area contributed by atoms with Crippen molar-refractivity contribution in [3.05, 3.63) is 26.9 Å². The van der Waals surface area contributed by atoms with Crippen LogP contribution in [-0.4, -0.2) is 33.3 Å². The average molecular weight is 418 g/mol. The molecule has 25 heavy (non-hydrogen) atoms. The number of hydrogen-bond acceptors (Lipinski definition) is 7. The Balaban J connectivity index is 3.46. The van der Waals surface area contributed by atoms with Crippen LogP contribution in [0.1, 0.15) is 41.5 Å². The van der Waals surface area contributed by atoms with Crippen molar-refractivity contribution in [3.63, 3.8) is 0 Å². The predicted molar refractivity (Wildman–Crippen MR) is 93.5 cm³/mol. The summed E-state index contributed by atoms with van der Waals surface area (Å²) in [7, 11) is 0. The van der Waals surface area contributed by atoms with E-state index in [1.807, 2.05) is 0 Å². The minimum atomic E-state index is -1.13. The van der Waals surface area contributed by atoms with Crippen LogP contribution in [0.5, 0.6) is 0 Å². The lowest BCUT2D eigenvalue weighted by atomic mass is 10.2. The molecule has 1 aromatic heterocycles. The number of carbonyl (C=O) groups is 2. The van der Waals surface area contributed by atoms with Crippen LogP contribution in [-0.2, 0) is 9.47 Å². The minimum Gasteiger partial charge on any atom is -0.443 e. The molecule has 138 valence electrons. The minimum absolute atomic E-state index is 0.199. The molecular formula is C15H20BrN3O6. The first-order valence-corrected chi connectivity index (χ1v) is 8.07. The SMILES string of the molecule is CC(C)(C)OC(=O)N(C(=O)OC(C)(C)C)c1nc(Br)ccc1[N+](=O)[O-]. The number of anilines is 1. The van der Waals surface area contributed by atoms with E-state index in [4.69, 9.17) is 9.47 Å². The molecule has 9 nitrogen and oxygen atoms in total. The zero-order valence-electron chi connectivity index (χ0n) is 14.8. The molecule has 0 fully saturated rings. The lowest BCUT2D eigenvalue weighted by Gasteiger charge is -2.27. The van der Waals surface area contributed by atoms with Gasteiger partial charge in [-0.3, -0.25) is 10.1 Å². The highest BCUT2D eigenvalue weighted by Gasteiger charge is 2.37. The van der Waals surface area contributed by atoms with Gasteiger partial charge >= 0.3 is 17.9 Å². The number of pyridine rings is 1. The van der Waals surface area contributed by atoms with E-state index in [0.29, 0.717) is 4.90 Å². The molecule has 1 aromatic rings. The Bertz CT molecular complexity index is 665. The Kier molecular flexibility index (Phi) is 6.11. The summed E-state index contributed by atoms with van der Waals surface area (Å²) in [6.07, 6.45) is -2.26. The molecule has 0 aliphatic heterocycles. The lowest BCUT2D eigenvalue weighted by Crippen LogP contribution is -2.44. The number of nitrogens with zero attached hydrogens (tertiary/aromatic N) is 3. The molecule has 0 saturated carbocycles. The molecule has 10 heteroatoms. The van der Waals surface area contributed by atoms with Crippen LogP contribution in [0.2, 0.25) is 0 Å². The summed E-state index contributed by atoms with van der Waals surface area (Å²) in [6.45, 7) is 9.59. The predicted octanol–water partition coefficient (Wildman–Crippen LogP) is 4.43. The van der Waals surface area contributed by atoms with Crippen LogP contribution >= 0.6 is 15.9 Å². The number of ether oxygens (including phenoxy) is 2. The van der Waals surface area contributed by atoms with Gasteiger partial charge in [-0.15, -0.1) is 0 Å². The van der Waals surface area contributed by atoms with Crippen LogP contribution in [0, 0.1) is 10.1 Å². The van der Waals surface area contributed by atoms with Gasteiger partial charge in [0.15, 0.2) is 0 Å². The third kappa shape index (κ3) is 6.29. The smallest absolute Gasteiger partial charge is 0.426 e. The van der Waals surface area contributed by atoms with Crippen LogP contribution in [0.4, 0.5) is 21.1 Å². The average Bonchev–Trinajstić information content (AvgIpc) is 2.33. The van der Waals surface area contributed by atoms with E-state index in [1.165, 1.54) is 6.07 Å². The van der Waals surface area contributed by atoms with Crippen molar-refractivity contribution in [2.24, 2.45) is 0 Å². The number of carbonyl (C=O) groups excluding carboxylic acids is 2. The summed E-state index contributed by atoms with van der Waals surface area (Å²) in [5.41, 5.74) is -2.41. The zero-order chi connectivity index (χ0) is 19.6. The van der Waals surface area contributed by atoms with Crippen molar-refractivity contribution >= 4 is 39.6 Å². The number of halogens is 1. The van der Waals surface area contributed by atoms with E-state index in [2.05, 4.69) is 20.9 Å². The molecule has 0 N–H and O–H groups in total. The fourth-order valence-corrected chi connectivity index (χ4v) is 1.89. The molecular weight excluding hydrogens is 398 g/mol. The fourth-order valence-electron chi connectivity index (χ4n) is 1.59. The molecule has 0 spiro atoms. The van der Waals surface area contributed by atoms with Gasteiger partial charge in [-0.1, -0.05) is 0 Å². The van der Waals surface area contributed by atoms with Crippen molar-refractivity contribution in [1.82, 2.24) is 4.98 Å². The molecule has 0 atom stereocenters. The van der Waals surface area contributed by atoms with E-state index < -0.39 is 39.8 Å². The molecule has 1 heterocycles. The first-order valence-electron chi connectivity index (χ1n) is 7.28. The maximum absolute atomic E-state index is 12.5. The van der Waals surface area contributed by atoms with E-state index in [0.717, 1.165) is 6.07 Å². The first kappa shape index (κ1) is 20.8. The fraction of sp³-hybridized carbons (Fsp3) is 0.533. The highest BCUT2D eigenvalue weighted by molar-refractivity contribution is 9.10. The monoisotopic (exact) mass is 417 g/mol. The summed E-state index contributed by atoms with van der Waals surface area (Å²) >= 11 is 3.07. The summed E-state index contributed by atoms with van der Waals surface area (Å²) in [6, 6.07) is 2.44. The molecule has 0 unspecified atom stereocenters. The maximum Gasteiger partial charge on any atom is 0.426 e. The van der Waals surface area contributed by atoms with Gasteiger partial charge < -0.3 is 9.47 Å². The van der Waals surface area contributed by atoms with Crippen molar-refractivity contribution in [2.45, 2.75) is 52.7 Å². The molecule has 0 radical (unpaired) electrons. The number of imide groups is 1. The standard InChI is InChI=1S/C15H20BrN3O6/c1-14(2,3)24-12(20)18(13(21)25-15(4,5)6)11-9(19(22)23)7-8-10(16)17-11/h7-8H,1-6H3. The Hall–Kier alpha value is -2.23. The molecule has 0 bridgehead atoms. The third-order valence-corrected chi connectivity index (χ3v) is 2.82. The summed E-state index contributed by atoms with van der Waals surface area (Å²) in [5.74, 6) is -0.497. The van der Waals surface area contributed by atoms with Gasteiger partial charge in [-0.25, -0.2) is 14.6 Å². The van der Waals surface area contributed by atoms with Crippen molar-refractivity contribution in [3.8, 4) is 0 Å². The quantitative estimate of drug-likeness (QED) is 0.397. The second-order valence-electron chi connectivity index (χ2n) is 7.03. The zero-order valence-corrected chi connectivity index (χ0v) is 16.4. The van der Waals surface area contributed by atoms with Gasteiger partial charge in [0.2, 0.25) is 5.82 Å². The van der Waals surface area contributed by atoms with Crippen LogP contribution < -0.4 is 4.90 Å².